The molecule has 0 atom stereocenters. The first kappa shape index (κ1) is 31.0. The molecule has 1 saturated carbocycles. The van der Waals surface area contributed by atoms with Crippen LogP contribution < -0.4 is 10.1 Å². The number of rotatable bonds is 15. The number of aromatic carboxylic acids is 1. The van der Waals surface area contributed by atoms with E-state index in [0.717, 1.165) is 19.4 Å². The molecule has 2 aromatic heterocycles. The number of nitrogens with zero attached hydrogens (tertiary/aromatic N) is 2. The van der Waals surface area contributed by atoms with Gasteiger partial charge in [0.05, 0.1) is 5.54 Å². The summed E-state index contributed by atoms with van der Waals surface area (Å²) < 4.78 is 40.8. The largest absolute Gasteiger partial charge is 0.477 e. The van der Waals surface area contributed by atoms with Crippen LogP contribution in [0.4, 0.5) is 13.2 Å². The first-order valence-corrected chi connectivity index (χ1v) is 14.0. The number of carbonyl (C=O) groups is 1. The molecule has 6 nitrogen and oxygen atoms in total. The molecule has 2 heterocycles. The zero-order chi connectivity index (χ0) is 27.3. The highest BCUT2D eigenvalue weighted by molar-refractivity contribution is 7.09. The van der Waals surface area contributed by atoms with Crippen LogP contribution in [0.1, 0.15) is 112 Å². The van der Waals surface area contributed by atoms with Crippen LogP contribution in [0, 0.1) is 0 Å². The van der Waals surface area contributed by atoms with E-state index in [9.17, 15) is 18.0 Å². The van der Waals surface area contributed by atoms with Crippen molar-refractivity contribution in [2.45, 2.75) is 103 Å². The third-order valence-corrected chi connectivity index (χ3v) is 7.16. The number of carboxylic acid groups (broad SMARTS) is 1. The van der Waals surface area contributed by atoms with Crippen LogP contribution in [0.2, 0.25) is 0 Å². The molecule has 2 N–H and O–H groups in total. The minimum absolute atomic E-state index is 0.0231. The third-order valence-electron chi connectivity index (χ3n) is 6.06. The van der Waals surface area contributed by atoms with Crippen molar-refractivity contribution in [1.29, 1.82) is 0 Å². The average molecular weight is 544 g/mol. The van der Waals surface area contributed by atoms with Gasteiger partial charge in [0, 0.05) is 17.1 Å². The van der Waals surface area contributed by atoms with E-state index in [1.54, 1.807) is 11.3 Å². The van der Waals surface area contributed by atoms with Crippen molar-refractivity contribution in [3.8, 4) is 5.88 Å². The van der Waals surface area contributed by atoms with Crippen molar-refractivity contribution in [3.63, 3.8) is 0 Å². The fraction of sp³-hybridized carbons (Fsp3) is 0.667. The highest BCUT2D eigenvalue weighted by Gasteiger charge is 2.32. The van der Waals surface area contributed by atoms with Gasteiger partial charge in [0.1, 0.15) is 5.01 Å². The number of ether oxygens (including phenoxy) is 1. The summed E-state index contributed by atoms with van der Waals surface area (Å²) in [5.41, 5.74) is 0.246. The number of alkyl halides is 3. The van der Waals surface area contributed by atoms with Gasteiger partial charge in [-0.05, 0) is 51.6 Å². The minimum atomic E-state index is -4.47. The summed E-state index contributed by atoms with van der Waals surface area (Å²) in [7, 11) is 0. The number of carboxylic acids is 1. The molecule has 0 saturated heterocycles. The Balaban J connectivity index is 0.000000260. The minimum Gasteiger partial charge on any atom is -0.477 e. The Morgan fingerprint density at radius 3 is 2.30 bits per heavy atom. The number of hydrogen-bond acceptors (Lipinski definition) is 6. The van der Waals surface area contributed by atoms with Crippen molar-refractivity contribution < 1.29 is 27.8 Å². The lowest BCUT2D eigenvalue weighted by atomic mass is 10.1. The van der Waals surface area contributed by atoms with Gasteiger partial charge in [-0.15, -0.1) is 11.3 Å². The zero-order valence-electron chi connectivity index (χ0n) is 22.1. The van der Waals surface area contributed by atoms with Crippen LogP contribution >= 0.6 is 11.3 Å². The van der Waals surface area contributed by atoms with E-state index in [1.165, 1.54) is 68.5 Å². The van der Waals surface area contributed by atoms with Crippen molar-refractivity contribution in [3.05, 3.63) is 40.0 Å². The molecular formula is C27H40F3N3O3S. The van der Waals surface area contributed by atoms with Crippen molar-refractivity contribution >= 4 is 17.3 Å². The summed E-state index contributed by atoms with van der Waals surface area (Å²) in [6.07, 6.45) is 10.2. The second kappa shape index (κ2) is 15.3. The SMILES string of the molecule is CCCCCCCCCCNC(C)(C)c1nccs1.O=C(O)c1ccc(C2CC2)c(OCC(F)(F)F)n1. The number of pyridine rings is 1. The number of aromatic nitrogens is 2. The summed E-state index contributed by atoms with van der Waals surface area (Å²) in [6, 6.07) is 2.75. The third kappa shape index (κ3) is 12.3. The predicted octanol–water partition coefficient (Wildman–Crippen LogP) is 7.71. The van der Waals surface area contributed by atoms with Gasteiger partial charge < -0.3 is 15.2 Å². The van der Waals surface area contributed by atoms with E-state index >= 15 is 0 Å². The van der Waals surface area contributed by atoms with Gasteiger partial charge in [0.15, 0.2) is 12.3 Å². The second-order valence-corrected chi connectivity index (χ2v) is 10.8. The van der Waals surface area contributed by atoms with Crippen LogP contribution in [-0.4, -0.2) is 40.4 Å². The van der Waals surface area contributed by atoms with Crippen molar-refractivity contribution in [2.24, 2.45) is 0 Å². The van der Waals surface area contributed by atoms with Gasteiger partial charge in [0.2, 0.25) is 5.88 Å². The Hall–Kier alpha value is -2.20. The summed E-state index contributed by atoms with van der Waals surface area (Å²) in [5, 5.41) is 15.6. The van der Waals surface area contributed by atoms with E-state index in [4.69, 9.17) is 5.11 Å². The van der Waals surface area contributed by atoms with Crippen molar-refractivity contribution in [1.82, 2.24) is 15.3 Å². The maximum absolute atomic E-state index is 12.1. The first-order valence-electron chi connectivity index (χ1n) is 13.1. The van der Waals surface area contributed by atoms with E-state index in [0.29, 0.717) is 5.56 Å². The second-order valence-electron chi connectivity index (χ2n) is 9.94. The highest BCUT2D eigenvalue weighted by Crippen LogP contribution is 2.43. The lowest BCUT2D eigenvalue weighted by Crippen LogP contribution is -2.37. The molecule has 0 amide bonds. The molecule has 3 rings (SSSR count). The van der Waals surface area contributed by atoms with Crippen LogP contribution in [0.15, 0.2) is 23.7 Å². The molecule has 2 aromatic rings. The van der Waals surface area contributed by atoms with Crippen LogP contribution in [0.5, 0.6) is 5.88 Å². The molecule has 10 heteroatoms. The maximum Gasteiger partial charge on any atom is 0.422 e. The normalized spacial score (nSPS) is 13.7. The lowest BCUT2D eigenvalue weighted by molar-refractivity contribution is -0.154. The maximum atomic E-state index is 12.1. The zero-order valence-corrected chi connectivity index (χ0v) is 22.9. The van der Waals surface area contributed by atoms with Crippen LogP contribution in [-0.2, 0) is 5.54 Å². The number of hydrogen-bond donors (Lipinski definition) is 2. The molecule has 0 spiro atoms. The van der Waals surface area contributed by atoms with Crippen LogP contribution in [0.3, 0.4) is 0 Å². The first-order chi connectivity index (χ1) is 17.5. The predicted molar refractivity (Wildman–Crippen MR) is 140 cm³/mol. The van der Waals surface area contributed by atoms with Crippen molar-refractivity contribution in [2.75, 3.05) is 13.2 Å². The number of thiazole rings is 1. The average Bonchev–Trinajstić information content (AvgIpc) is 3.53. The van der Waals surface area contributed by atoms with E-state index in [-0.39, 0.29) is 23.0 Å². The quantitative estimate of drug-likeness (QED) is 0.224. The topological polar surface area (TPSA) is 84.3 Å². The molecule has 208 valence electrons. The summed E-state index contributed by atoms with van der Waals surface area (Å²) in [5.74, 6) is -1.40. The summed E-state index contributed by atoms with van der Waals surface area (Å²) >= 11 is 1.74. The van der Waals surface area contributed by atoms with Gasteiger partial charge in [-0.25, -0.2) is 14.8 Å². The highest BCUT2D eigenvalue weighted by atomic mass is 32.1. The Bertz CT molecular complexity index is 933. The van der Waals surface area contributed by atoms with E-state index < -0.39 is 18.8 Å². The molecular weight excluding hydrogens is 503 g/mol. The molecule has 0 radical (unpaired) electrons. The monoisotopic (exact) mass is 543 g/mol. The number of unbranched alkanes of at least 4 members (excludes halogenated alkanes) is 7. The standard InChI is InChI=1S/C16H30N2S.C11H10F3NO3/c1-4-5-6-7-8-9-10-11-12-18-16(2,3)15-17-13-14-19-15;12-11(13,14)5-18-9-7(6-1-2-6)3-4-8(15-9)10(16)17/h13-14,18H,4-12H2,1-3H3;3-4,6H,1-2,5H2,(H,16,17). The Labute approximate surface area is 222 Å². The van der Waals surface area contributed by atoms with Crippen LogP contribution in [0.25, 0.3) is 0 Å². The Morgan fingerprint density at radius 1 is 1.11 bits per heavy atom. The lowest BCUT2D eigenvalue weighted by Gasteiger charge is -2.23. The molecule has 1 aliphatic rings. The Morgan fingerprint density at radius 2 is 1.76 bits per heavy atom. The molecule has 0 unspecified atom stereocenters. The summed E-state index contributed by atoms with van der Waals surface area (Å²) in [4.78, 5) is 18.7. The molecule has 37 heavy (non-hydrogen) atoms. The van der Waals surface area contributed by atoms with Gasteiger partial charge in [-0.2, -0.15) is 13.2 Å². The molecule has 0 bridgehead atoms. The molecule has 1 fully saturated rings. The summed E-state index contributed by atoms with van der Waals surface area (Å²) in [6.45, 7) is 6.34. The number of nitrogens with one attached hydrogen (secondary N) is 1. The molecule has 1 aliphatic carbocycles. The molecule has 0 aliphatic heterocycles. The van der Waals surface area contributed by atoms with Gasteiger partial charge in [-0.3, -0.25) is 0 Å². The van der Waals surface area contributed by atoms with Gasteiger partial charge in [0.25, 0.3) is 0 Å². The van der Waals surface area contributed by atoms with E-state index in [2.05, 4.69) is 46.2 Å². The van der Waals surface area contributed by atoms with Gasteiger partial charge in [-0.1, -0.05) is 57.9 Å². The van der Waals surface area contributed by atoms with Gasteiger partial charge >= 0.3 is 12.1 Å². The molecule has 0 aromatic carbocycles. The smallest absolute Gasteiger partial charge is 0.422 e. The fourth-order valence-corrected chi connectivity index (χ4v) is 4.55. The number of halogens is 3. The van der Waals surface area contributed by atoms with E-state index in [1.807, 2.05) is 6.20 Å². The fourth-order valence-electron chi connectivity index (χ4n) is 3.81. The Kier molecular flexibility index (Phi) is 12.8.